The average Bonchev–Trinajstić information content (AvgIpc) is 2.65. The first-order chi connectivity index (χ1) is 6.79. The van der Waals surface area contributed by atoms with Crippen LogP contribution in [0.1, 0.15) is 0 Å². The highest BCUT2D eigenvalue weighted by atomic mass is 15.0. The van der Waals surface area contributed by atoms with Crippen molar-refractivity contribution in [2.75, 3.05) is 18.1 Å². The van der Waals surface area contributed by atoms with E-state index in [0.29, 0.717) is 5.95 Å². The monoisotopic (exact) mass is 189 g/mol. The van der Waals surface area contributed by atoms with Gasteiger partial charge in [-0.25, -0.2) is 9.97 Å². The fourth-order valence-corrected chi connectivity index (χ4v) is 1.21. The van der Waals surface area contributed by atoms with Crippen molar-refractivity contribution in [3.63, 3.8) is 0 Å². The summed E-state index contributed by atoms with van der Waals surface area (Å²) in [5.41, 5.74) is 7.29. The molecule has 4 N–H and O–H groups in total. The molecule has 0 radical (unpaired) electrons. The van der Waals surface area contributed by atoms with Crippen molar-refractivity contribution < 1.29 is 0 Å². The lowest BCUT2D eigenvalue weighted by atomic mass is 10.2. The second-order valence-corrected chi connectivity index (χ2v) is 2.85. The summed E-state index contributed by atoms with van der Waals surface area (Å²) in [5.74, 6) is 1.23. The third-order valence-corrected chi connectivity index (χ3v) is 1.91. The molecule has 0 aromatic carbocycles. The number of aromatic amines is 1. The van der Waals surface area contributed by atoms with E-state index in [1.54, 1.807) is 12.4 Å². The van der Waals surface area contributed by atoms with Gasteiger partial charge in [0.25, 0.3) is 0 Å². The van der Waals surface area contributed by atoms with E-state index in [-0.39, 0.29) is 0 Å². The van der Waals surface area contributed by atoms with Gasteiger partial charge in [0.2, 0.25) is 0 Å². The number of nitrogens with one attached hydrogen (secondary N) is 2. The van der Waals surface area contributed by atoms with Crippen LogP contribution in [0.15, 0.2) is 24.5 Å². The van der Waals surface area contributed by atoms with Crippen molar-refractivity contribution in [1.82, 2.24) is 15.0 Å². The zero-order chi connectivity index (χ0) is 9.97. The lowest BCUT2D eigenvalue weighted by Crippen LogP contribution is -1.91. The van der Waals surface area contributed by atoms with Crippen LogP contribution in [0.5, 0.6) is 0 Å². The molecule has 0 bridgehead atoms. The summed E-state index contributed by atoms with van der Waals surface area (Å²) in [4.78, 5) is 11.1. The molecule has 0 spiro atoms. The minimum atomic E-state index is 0.419. The number of aromatic nitrogens is 3. The Morgan fingerprint density at radius 3 is 3.00 bits per heavy atom. The number of nitrogen functional groups attached to an aromatic ring is 1. The maximum Gasteiger partial charge on any atom is 0.198 e. The number of pyridine rings is 1. The Kier molecular flexibility index (Phi) is 2.06. The van der Waals surface area contributed by atoms with Crippen LogP contribution in [0.4, 0.5) is 11.8 Å². The highest BCUT2D eigenvalue weighted by Gasteiger charge is 2.02. The molecule has 0 saturated carbocycles. The fraction of sp³-hybridized carbons (Fsp3) is 0.111. The summed E-state index contributed by atoms with van der Waals surface area (Å²) >= 11 is 0. The normalized spacial score (nSPS) is 10.1. The summed E-state index contributed by atoms with van der Waals surface area (Å²) in [6.45, 7) is 0. The molecule has 0 amide bonds. The van der Waals surface area contributed by atoms with Gasteiger partial charge in [0.15, 0.2) is 5.95 Å². The number of H-pyrrole nitrogens is 1. The molecule has 0 unspecified atom stereocenters. The highest BCUT2D eigenvalue weighted by molar-refractivity contribution is 5.63. The average molecular weight is 189 g/mol. The second-order valence-electron chi connectivity index (χ2n) is 2.85. The van der Waals surface area contributed by atoms with Gasteiger partial charge >= 0.3 is 0 Å². The van der Waals surface area contributed by atoms with E-state index in [0.717, 1.165) is 17.1 Å². The van der Waals surface area contributed by atoms with Crippen molar-refractivity contribution in [2.24, 2.45) is 0 Å². The van der Waals surface area contributed by atoms with Crippen LogP contribution < -0.4 is 11.1 Å². The maximum atomic E-state index is 5.49. The molecule has 5 heteroatoms. The van der Waals surface area contributed by atoms with Crippen LogP contribution in [0.3, 0.4) is 0 Å². The summed E-state index contributed by atoms with van der Waals surface area (Å²) in [5, 5.41) is 2.96. The molecule has 0 aliphatic rings. The van der Waals surface area contributed by atoms with Crippen molar-refractivity contribution >= 4 is 11.8 Å². The molecule has 2 aromatic heterocycles. The molecule has 0 fully saturated rings. The van der Waals surface area contributed by atoms with Gasteiger partial charge < -0.3 is 16.0 Å². The first kappa shape index (κ1) is 8.55. The minimum absolute atomic E-state index is 0.419. The van der Waals surface area contributed by atoms with Crippen molar-refractivity contribution in [2.45, 2.75) is 0 Å². The van der Waals surface area contributed by atoms with Gasteiger partial charge in [-0.1, -0.05) is 0 Å². The number of hydrogen-bond acceptors (Lipinski definition) is 4. The van der Waals surface area contributed by atoms with E-state index >= 15 is 0 Å². The van der Waals surface area contributed by atoms with Crippen molar-refractivity contribution in [1.29, 1.82) is 0 Å². The molecular formula is C9H11N5. The van der Waals surface area contributed by atoms with Crippen LogP contribution in [0.2, 0.25) is 0 Å². The van der Waals surface area contributed by atoms with E-state index in [9.17, 15) is 0 Å². The molecule has 72 valence electrons. The van der Waals surface area contributed by atoms with Crippen LogP contribution in [0.25, 0.3) is 11.3 Å². The molecule has 14 heavy (non-hydrogen) atoms. The standard InChI is InChI=1S/C9H11N5/c1-11-8-4-6(2-3-12-8)7-5-13-9(10)14-7/h2-5H,1H3,(H,11,12)(H3,10,13,14). The van der Waals surface area contributed by atoms with Crippen LogP contribution in [0, 0.1) is 0 Å². The third kappa shape index (κ3) is 1.52. The van der Waals surface area contributed by atoms with E-state index in [1.165, 1.54) is 0 Å². The Hall–Kier alpha value is -2.04. The van der Waals surface area contributed by atoms with Crippen LogP contribution in [-0.2, 0) is 0 Å². The smallest absolute Gasteiger partial charge is 0.198 e. The van der Waals surface area contributed by atoms with Crippen molar-refractivity contribution in [3.05, 3.63) is 24.5 Å². The van der Waals surface area contributed by atoms with Crippen LogP contribution in [-0.4, -0.2) is 22.0 Å². The zero-order valence-corrected chi connectivity index (χ0v) is 7.78. The Morgan fingerprint density at radius 2 is 2.36 bits per heavy atom. The predicted molar refractivity (Wildman–Crippen MR) is 55.8 cm³/mol. The Labute approximate surface area is 81.4 Å². The Morgan fingerprint density at radius 1 is 1.50 bits per heavy atom. The number of rotatable bonds is 2. The molecular weight excluding hydrogens is 178 g/mol. The number of hydrogen-bond donors (Lipinski definition) is 3. The number of imidazole rings is 1. The van der Waals surface area contributed by atoms with Gasteiger partial charge in [-0.3, -0.25) is 0 Å². The third-order valence-electron chi connectivity index (χ3n) is 1.91. The van der Waals surface area contributed by atoms with E-state index in [1.807, 2.05) is 19.2 Å². The summed E-state index contributed by atoms with van der Waals surface area (Å²) < 4.78 is 0. The van der Waals surface area contributed by atoms with E-state index in [4.69, 9.17) is 5.73 Å². The second kappa shape index (κ2) is 3.37. The quantitative estimate of drug-likeness (QED) is 0.660. The molecule has 2 aromatic rings. The van der Waals surface area contributed by atoms with Gasteiger partial charge in [0.1, 0.15) is 5.82 Å². The largest absolute Gasteiger partial charge is 0.373 e. The minimum Gasteiger partial charge on any atom is -0.373 e. The molecule has 2 heterocycles. The fourth-order valence-electron chi connectivity index (χ4n) is 1.21. The van der Waals surface area contributed by atoms with E-state index < -0.39 is 0 Å². The molecule has 5 nitrogen and oxygen atoms in total. The summed E-state index contributed by atoms with van der Waals surface area (Å²) in [6, 6.07) is 3.80. The van der Waals surface area contributed by atoms with Gasteiger partial charge in [-0.05, 0) is 12.1 Å². The lowest BCUT2D eigenvalue weighted by molar-refractivity contribution is 1.28. The van der Waals surface area contributed by atoms with Gasteiger partial charge in [0, 0.05) is 25.0 Å². The summed E-state index contributed by atoms with van der Waals surface area (Å²) in [7, 11) is 1.82. The molecule has 0 saturated heterocycles. The molecule has 0 aliphatic carbocycles. The van der Waals surface area contributed by atoms with Crippen molar-refractivity contribution in [3.8, 4) is 11.3 Å². The summed E-state index contributed by atoms with van der Waals surface area (Å²) in [6.07, 6.45) is 3.50. The van der Waals surface area contributed by atoms with Gasteiger partial charge in [0.05, 0.1) is 5.69 Å². The predicted octanol–water partition coefficient (Wildman–Crippen LogP) is 1.10. The zero-order valence-electron chi connectivity index (χ0n) is 7.78. The Bertz CT molecular complexity index is 434. The molecule has 0 atom stereocenters. The highest BCUT2D eigenvalue weighted by Crippen LogP contribution is 2.19. The van der Waals surface area contributed by atoms with Crippen LogP contribution >= 0.6 is 0 Å². The topological polar surface area (TPSA) is 79.6 Å². The van der Waals surface area contributed by atoms with Gasteiger partial charge in [-0.15, -0.1) is 0 Å². The SMILES string of the molecule is CNc1cc(-c2c[nH]c(N)n2)ccn1. The van der Waals surface area contributed by atoms with Gasteiger partial charge in [-0.2, -0.15) is 0 Å². The maximum absolute atomic E-state index is 5.49. The van der Waals surface area contributed by atoms with E-state index in [2.05, 4.69) is 20.3 Å². The first-order valence-corrected chi connectivity index (χ1v) is 4.24. The number of anilines is 2. The number of nitrogens with two attached hydrogens (primary N) is 1. The molecule has 2 rings (SSSR count). The first-order valence-electron chi connectivity index (χ1n) is 4.24. The Balaban J connectivity index is 2.41. The molecule has 0 aliphatic heterocycles. The lowest BCUT2D eigenvalue weighted by Gasteiger charge is -2.00. The number of nitrogens with zero attached hydrogens (tertiary/aromatic N) is 2.